The van der Waals surface area contributed by atoms with Crippen LogP contribution in [0.1, 0.15) is 79.0 Å². The minimum absolute atomic E-state index is 0.220. The summed E-state index contributed by atoms with van der Waals surface area (Å²) in [6, 6.07) is 98.8. The number of fused-ring (bicyclic) bond motifs is 14. The van der Waals surface area contributed by atoms with E-state index in [0.29, 0.717) is 10.0 Å². The van der Waals surface area contributed by atoms with E-state index in [1.54, 1.807) is 0 Å². The van der Waals surface area contributed by atoms with Gasteiger partial charge in [-0.15, -0.1) is 0 Å². The molecule has 12 aromatic carbocycles. The number of benzene rings is 12. The summed E-state index contributed by atoms with van der Waals surface area (Å²) in [5.74, 6) is 0. The second-order valence-corrected chi connectivity index (χ2v) is 27.9. The second-order valence-electron chi connectivity index (χ2n) is 27.0. The molecule has 0 saturated heterocycles. The molecule has 1 aliphatic heterocycles. The van der Waals surface area contributed by atoms with Crippen LogP contribution in [-0.4, -0.2) is 4.57 Å². The molecule has 0 amide bonds. The lowest BCUT2D eigenvalue weighted by Gasteiger charge is -2.36. The van der Waals surface area contributed by atoms with Gasteiger partial charge in [0.05, 0.1) is 22.4 Å². The molecule has 0 aliphatic carbocycles. The van der Waals surface area contributed by atoms with E-state index in [-0.39, 0.29) is 16.2 Å². The van der Waals surface area contributed by atoms with Gasteiger partial charge in [-0.25, -0.2) is 0 Å². The maximum absolute atomic E-state index is 7.28. The predicted octanol–water partition coefficient (Wildman–Crippen LogP) is 25.2. The van der Waals surface area contributed by atoms with Gasteiger partial charge < -0.3 is 14.4 Å². The highest BCUT2D eigenvalue weighted by molar-refractivity contribution is 6.31. The molecule has 3 nitrogen and oxygen atoms in total. The molecule has 0 fully saturated rings. The van der Waals surface area contributed by atoms with Crippen molar-refractivity contribution in [1.82, 2.24) is 4.57 Å². The smallest absolute Gasteiger partial charge is 0.0618 e. The Morgan fingerprint density at radius 1 is 0.247 bits per heavy atom. The molecule has 14 rings (SSSR count). The number of rotatable bonds is 5. The van der Waals surface area contributed by atoms with Crippen molar-refractivity contribution in [3.63, 3.8) is 0 Å². The van der Waals surface area contributed by atoms with Crippen molar-refractivity contribution in [2.24, 2.45) is 0 Å². The number of nitrogens with zero attached hydrogens (tertiary/aromatic N) is 3. The molecule has 0 N–H and O–H groups in total. The Morgan fingerprint density at radius 2 is 0.573 bits per heavy atom. The molecule has 0 spiro atoms. The van der Waals surface area contributed by atoms with Crippen LogP contribution < -0.4 is 9.80 Å². The summed E-state index contributed by atoms with van der Waals surface area (Å²) in [4.78, 5) is 4.96. The van der Waals surface area contributed by atoms with Gasteiger partial charge in [0.1, 0.15) is 0 Å². The van der Waals surface area contributed by atoms with Gasteiger partial charge in [-0.3, -0.25) is 0 Å². The highest BCUT2D eigenvalue weighted by Gasteiger charge is 2.32. The van der Waals surface area contributed by atoms with Crippen LogP contribution in [0.4, 0.5) is 34.1 Å². The fourth-order valence-electron chi connectivity index (χ4n) is 13.0. The number of para-hydroxylation sites is 1. The summed E-state index contributed by atoms with van der Waals surface area (Å²) in [7, 11) is 0. The third-order valence-corrected chi connectivity index (χ3v) is 18.2. The van der Waals surface area contributed by atoms with Gasteiger partial charge in [0, 0.05) is 71.5 Å². The predicted molar refractivity (Wildman–Crippen MR) is 382 cm³/mol. The molecular formula is C84H71Cl2N3. The van der Waals surface area contributed by atoms with E-state index in [4.69, 9.17) is 23.2 Å². The molecule has 0 atom stereocenters. The van der Waals surface area contributed by atoms with E-state index < -0.39 is 0 Å². The largest absolute Gasteiger partial charge is 0.309 e. The van der Waals surface area contributed by atoms with Gasteiger partial charge in [0.25, 0.3) is 0 Å². The van der Waals surface area contributed by atoms with Crippen molar-refractivity contribution in [1.29, 1.82) is 0 Å². The lowest BCUT2D eigenvalue weighted by molar-refractivity contribution is 0.590. The molecule has 436 valence electrons. The van der Waals surface area contributed by atoms with E-state index in [2.05, 4.69) is 331 Å². The van der Waals surface area contributed by atoms with Crippen molar-refractivity contribution >= 4 is 79.1 Å². The topological polar surface area (TPSA) is 11.4 Å². The van der Waals surface area contributed by atoms with Gasteiger partial charge in [0.2, 0.25) is 0 Å². The molecule has 1 aromatic heterocycles. The van der Waals surface area contributed by atoms with Gasteiger partial charge >= 0.3 is 0 Å². The number of anilines is 6. The third-order valence-electron chi connectivity index (χ3n) is 17.8. The molecule has 13 aromatic rings. The minimum atomic E-state index is -0.328. The van der Waals surface area contributed by atoms with Gasteiger partial charge in [-0.05, 0) is 205 Å². The summed E-state index contributed by atoms with van der Waals surface area (Å²) in [5, 5.41) is 3.65. The third kappa shape index (κ3) is 10.8. The zero-order valence-electron chi connectivity index (χ0n) is 52.0. The normalized spacial score (nSPS) is 12.6. The molecule has 0 radical (unpaired) electrons. The van der Waals surface area contributed by atoms with E-state index >= 15 is 0 Å². The Hall–Kier alpha value is -9.38. The van der Waals surface area contributed by atoms with E-state index in [0.717, 1.165) is 123 Å². The standard InChI is InChI=1S/C84H71Cl2N3/c1-82(2,3)62-45-70-53-71(46-62)88(69-36-22-32-66(86)52-69)81-73(55-25-15-11-16-26-55)48-64(84(7,8)9)50-75(81)61-30-20-28-57(42-61)59-38-40-79-77(44-59)76-43-58(37-39-78(76)89(79)67-33-17-12-18-34-67)56-27-19-29-60(41-56)74-49-63(83(4,5)6)47-72(54-23-13-10-14-24-54)80(74)87(70)68-35-21-31-65(85)51-68/h10-53H,1-9H3. The summed E-state index contributed by atoms with van der Waals surface area (Å²) in [6.07, 6.45) is 0. The average molecular weight is 1190 g/mol. The maximum Gasteiger partial charge on any atom is 0.0618 e. The fraction of sp³-hybridized carbons (Fsp3) is 0.143. The van der Waals surface area contributed by atoms with Crippen molar-refractivity contribution in [3.05, 3.63) is 294 Å². The second kappa shape index (κ2) is 22.3. The van der Waals surface area contributed by atoms with E-state index in [9.17, 15) is 0 Å². The van der Waals surface area contributed by atoms with E-state index in [1.165, 1.54) is 21.9 Å². The van der Waals surface area contributed by atoms with Crippen LogP contribution >= 0.6 is 23.2 Å². The SMILES string of the molecule is CC(C)(C)c1cc2cc(c1)N(c1cccc(Cl)c1)c1c(-c3ccccc3)cc(C(C)(C)C)cc1-c1cccc(c1)-c1ccc3c(c1)c1cc(ccc1n3-c1ccccc1)-c1cccc(c1)-c1cc(C(C)(C)C)cc(-c3ccccc3)c1N2c1cccc(Cl)c1. The Balaban J connectivity index is 1.20. The Kier molecular flexibility index (Phi) is 14.4. The zero-order valence-corrected chi connectivity index (χ0v) is 53.5. The molecule has 1 aliphatic rings. The number of hydrogen-bond acceptors (Lipinski definition) is 2. The van der Waals surface area contributed by atoms with Crippen molar-refractivity contribution < 1.29 is 0 Å². The zero-order chi connectivity index (χ0) is 61.5. The van der Waals surface area contributed by atoms with Crippen molar-refractivity contribution in [2.75, 3.05) is 9.80 Å². The minimum Gasteiger partial charge on any atom is -0.309 e. The van der Waals surface area contributed by atoms with Crippen LogP contribution in [0.3, 0.4) is 0 Å². The number of aromatic nitrogens is 1. The van der Waals surface area contributed by atoms with Crippen LogP contribution in [0, 0.1) is 0 Å². The number of halogens is 2. The Labute approximate surface area is 534 Å². The first-order valence-corrected chi connectivity index (χ1v) is 31.7. The quantitative estimate of drug-likeness (QED) is 0.170. The van der Waals surface area contributed by atoms with Crippen LogP contribution in [0.2, 0.25) is 10.0 Å². The van der Waals surface area contributed by atoms with Crippen LogP contribution in [-0.2, 0) is 16.2 Å². The molecule has 0 saturated carbocycles. The fourth-order valence-corrected chi connectivity index (χ4v) is 13.4. The molecule has 10 bridgehead atoms. The summed E-state index contributed by atoms with van der Waals surface area (Å²) in [6.45, 7) is 20.9. The molecular weight excluding hydrogens is 1120 g/mol. The first kappa shape index (κ1) is 57.4. The van der Waals surface area contributed by atoms with Gasteiger partial charge in [-0.1, -0.05) is 225 Å². The monoisotopic (exact) mass is 1190 g/mol. The highest BCUT2D eigenvalue weighted by atomic mass is 35.5. The Bertz CT molecular complexity index is 4590. The van der Waals surface area contributed by atoms with Crippen LogP contribution in [0.15, 0.2) is 267 Å². The maximum atomic E-state index is 7.28. The lowest BCUT2D eigenvalue weighted by atomic mass is 9.81. The highest BCUT2D eigenvalue weighted by Crippen LogP contribution is 2.54. The number of hydrogen-bond donors (Lipinski definition) is 0. The summed E-state index contributed by atoms with van der Waals surface area (Å²) < 4.78 is 2.42. The van der Waals surface area contributed by atoms with Gasteiger partial charge in [0.15, 0.2) is 0 Å². The summed E-state index contributed by atoms with van der Waals surface area (Å²) in [5.41, 5.74) is 25.4. The molecule has 89 heavy (non-hydrogen) atoms. The molecule has 5 heteroatoms. The molecule has 2 heterocycles. The molecule has 0 unspecified atom stereocenters. The lowest BCUT2D eigenvalue weighted by Crippen LogP contribution is -2.20. The van der Waals surface area contributed by atoms with E-state index in [1.807, 2.05) is 12.1 Å². The average Bonchev–Trinajstić information content (AvgIpc) is 1.57. The first-order valence-electron chi connectivity index (χ1n) is 30.9. The summed E-state index contributed by atoms with van der Waals surface area (Å²) >= 11 is 14.6. The first-order chi connectivity index (χ1) is 42.8. The van der Waals surface area contributed by atoms with Crippen molar-refractivity contribution in [2.45, 2.75) is 78.6 Å². The Morgan fingerprint density at radius 3 is 0.966 bits per heavy atom. The van der Waals surface area contributed by atoms with Gasteiger partial charge in [-0.2, -0.15) is 0 Å². The van der Waals surface area contributed by atoms with Crippen LogP contribution in [0.5, 0.6) is 0 Å². The van der Waals surface area contributed by atoms with Crippen LogP contribution in [0.25, 0.3) is 94.3 Å². The van der Waals surface area contributed by atoms with Crippen molar-refractivity contribution in [3.8, 4) is 72.4 Å².